The molecule has 0 saturated carbocycles. The molecule has 0 spiro atoms. The highest BCUT2D eigenvalue weighted by Gasteiger charge is 2.52. The van der Waals surface area contributed by atoms with E-state index in [4.69, 9.17) is 18.9 Å². The highest BCUT2D eigenvalue weighted by atomic mass is 16.8. The summed E-state index contributed by atoms with van der Waals surface area (Å²) in [5.41, 5.74) is 1.39. The van der Waals surface area contributed by atoms with E-state index in [-0.39, 0.29) is 6.61 Å². The Hall–Kier alpha value is -2.25. The third-order valence-corrected chi connectivity index (χ3v) is 4.58. The Morgan fingerprint density at radius 2 is 1.73 bits per heavy atom. The summed E-state index contributed by atoms with van der Waals surface area (Å²) in [6.45, 7) is 0.539. The minimum absolute atomic E-state index is 0.246. The summed E-state index contributed by atoms with van der Waals surface area (Å²) in [5.74, 6) is -0.506. The molecule has 1 N–H and O–H groups in total. The largest absolute Gasteiger partial charge is 0.450 e. The number of hydrogen-bond donors (Lipinski definition) is 1. The van der Waals surface area contributed by atoms with Gasteiger partial charge in [-0.15, -0.1) is 0 Å². The Morgan fingerprint density at radius 1 is 1.04 bits per heavy atom. The van der Waals surface area contributed by atoms with Crippen LogP contribution in [0.3, 0.4) is 0 Å². The first kappa shape index (κ1) is 17.2. The lowest BCUT2D eigenvalue weighted by Crippen LogP contribution is -2.56. The van der Waals surface area contributed by atoms with Crippen molar-refractivity contribution in [3.8, 4) is 0 Å². The lowest BCUT2D eigenvalue weighted by molar-refractivity contribution is -0.242. The van der Waals surface area contributed by atoms with E-state index in [0.29, 0.717) is 12.2 Å². The quantitative estimate of drug-likeness (QED) is 0.825. The van der Waals surface area contributed by atoms with Crippen LogP contribution in [0.1, 0.15) is 15.9 Å². The average Bonchev–Trinajstić information content (AvgIpc) is 3.14. The summed E-state index contributed by atoms with van der Waals surface area (Å²) >= 11 is 0. The van der Waals surface area contributed by atoms with Gasteiger partial charge >= 0.3 is 5.97 Å². The molecule has 2 fully saturated rings. The first-order chi connectivity index (χ1) is 12.7. The SMILES string of the molecule is O=C(O[C@H]1[C@H]2OCC(O2)C(O)[C@@H]1OCc1ccccc1)c1ccccc1. The molecule has 2 aliphatic heterocycles. The van der Waals surface area contributed by atoms with Crippen LogP contribution in [0.15, 0.2) is 60.7 Å². The highest BCUT2D eigenvalue weighted by molar-refractivity contribution is 5.89. The van der Waals surface area contributed by atoms with E-state index in [1.54, 1.807) is 24.3 Å². The van der Waals surface area contributed by atoms with Crippen LogP contribution in [-0.4, -0.2) is 48.4 Å². The van der Waals surface area contributed by atoms with E-state index < -0.39 is 36.7 Å². The van der Waals surface area contributed by atoms with Crippen molar-refractivity contribution in [3.63, 3.8) is 0 Å². The van der Waals surface area contributed by atoms with E-state index in [1.165, 1.54) is 0 Å². The maximum atomic E-state index is 12.4. The van der Waals surface area contributed by atoms with Gasteiger partial charge in [0.05, 0.1) is 18.8 Å². The topological polar surface area (TPSA) is 74.2 Å². The monoisotopic (exact) mass is 356 g/mol. The third-order valence-electron chi connectivity index (χ3n) is 4.58. The molecule has 2 bridgehead atoms. The number of ether oxygens (including phenoxy) is 4. The van der Waals surface area contributed by atoms with E-state index in [9.17, 15) is 9.90 Å². The first-order valence-corrected chi connectivity index (χ1v) is 8.59. The zero-order valence-electron chi connectivity index (χ0n) is 14.1. The molecule has 0 radical (unpaired) electrons. The first-order valence-electron chi connectivity index (χ1n) is 8.59. The molecule has 2 unspecified atom stereocenters. The Kier molecular flexibility index (Phi) is 4.99. The summed E-state index contributed by atoms with van der Waals surface area (Å²) in [7, 11) is 0. The van der Waals surface area contributed by atoms with Gasteiger partial charge < -0.3 is 24.1 Å². The standard InChI is InChI=1S/C20H20O6/c21-16-15-12-24-20(25-15)18(26-19(22)14-9-5-2-6-10-14)17(16)23-11-13-7-3-1-4-8-13/h1-10,15-18,20-21H,11-12H2/t15?,16?,17-,18+,20-/m0/s1. The van der Waals surface area contributed by atoms with Crippen LogP contribution in [0.25, 0.3) is 0 Å². The number of aliphatic hydroxyl groups excluding tert-OH is 1. The minimum Gasteiger partial charge on any atom is -0.450 e. The van der Waals surface area contributed by atoms with Crippen molar-refractivity contribution in [1.29, 1.82) is 0 Å². The van der Waals surface area contributed by atoms with Crippen LogP contribution in [0, 0.1) is 0 Å². The molecule has 0 aromatic heterocycles. The van der Waals surface area contributed by atoms with E-state index in [1.807, 2.05) is 36.4 Å². The second-order valence-corrected chi connectivity index (χ2v) is 6.36. The molecule has 0 aliphatic carbocycles. The summed E-state index contributed by atoms with van der Waals surface area (Å²) in [5, 5.41) is 10.6. The van der Waals surface area contributed by atoms with E-state index >= 15 is 0 Å². The number of hydrogen-bond acceptors (Lipinski definition) is 6. The van der Waals surface area contributed by atoms with Crippen LogP contribution in [0.5, 0.6) is 0 Å². The summed E-state index contributed by atoms with van der Waals surface area (Å²) in [6, 6.07) is 18.3. The lowest BCUT2D eigenvalue weighted by Gasteiger charge is -2.37. The highest BCUT2D eigenvalue weighted by Crippen LogP contribution is 2.32. The summed E-state index contributed by atoms with van der Waals surface area (Å²) in [6.07, 6.45) is -3.73. The Balaban J connectivity index is 1.50. The molecule has 0 amide bonds. The molecule has 26 heavy (non-hydrogen) atoms. The number of aliphatic hydroxyl groups is 1. The van der Waals surface area contributed by atoms with E-state index in [2.05, 4.69) is 0 Å². The molecule has 6 heteroatoms. The molecule has 2 saturated heterocycles. The molecular weight excluding hydrogens is 336 g/mol. The van der Waals surface area contributed by atoms with Crippen molar-refractivity contribution in [1.82, 2.24) is 0 Å². The zero-order valence-corrected chi connectivity index (χ0v) is 14.1. The number of benzene rings is 2. The molecular formula is C20H20O6. The van der Waals surface area contributed by atoms with Crippen LogP contribution < -0.4 is 0 Å². The van der Waals surface area contributed by atoms with Gasteiger partial charge in [0.15, 0.2) is 12.4 Å². The molecule has 6 nitrogen and oxygen atoms in total. The van der Waals surface area contributed by atoms with E-state index in [0.717, 1.165) is 5.56 Å². The van der Waals surface area contributed by atoms with Gasteiger partial charge in [-0.3, -0.25) is 0 Å². The van der Waals surface area contributed by atoms with Gasteiger partial charge in [-0.05, 0) is 17.7 Å². The lowest BCUT2D eigenvalue weighted by atomic mass is 10.0. The van der Waals surface area contributed by atoms with Crippen molar-refractivity contribution in [2.45, 2.75) is 37.3 Å². The molecule has 5 atom stereocenters. The maximum Gasteiger partial charge on any atom is 0.338 e. The van der Waals surface area contributed by atoms with Crippen molar-refractivity contribution >= 4 is 5.97 Å². The molecule has 136 valence electrons. The van der Waals surface area contributed by atoms with Crippen LogP contribution in [0.4, 0.5) is 0 Å². The zero-order chi connectivity index (χ0) is 17.9. The van der Waals surface area contributed by atoms with Crippen molar-refractivity contribution in [2.24, 2.45) is 0 Å². The van der Waals surface area contributed by atoms with Crippen LogP contribution in [-0.2, 0) is 25.6 Å². The summed E-state index contributed by atoms with van der Waals surface area (Å²) in [4.78, 5) is 12.4. The Morgan fingerprint density at radius 3 is 2.46 bits per heavy atom. The molecule has 2 aliphatic rings. The molecule has 2 aromatic rings. The van der Waals surface area contributed by atoms with Gasteiger partial charge in [-0.1, -0.05) is 48.5 Å². The fourth-order valence-electron chi connectivity index (χ4n) is 3.20. The van der Waals surface area contributed by atoms with Gasteiger partial charge in [0.2, 0.25) is 0 Å². The van der Waals surface area contributed by atoms with Crippen molar-refractivity contribution in [2.75, 3.05) is 6.61 Å². The molecule has 2 heterocycles. The normalized spacial score (nSPS) is 30.1. The second kappa shape index (κ2) is 7.55. The predicted octanol–water partition coefficient (Wildman–Crippen LogP) is 1.91. The number of carbonyl (C=O) groups is 1. The third kappa shape index (κ3) is 3.50. The maximum absolute atomic E-state index is 12.4. The Labute approximate surface area is 151 Å². The van der Waals surface area contributed by atoms with Crippen LogP contribution in [0.2, 0.25) is 0 Å². The minimum atomic E-state index is -0.939. The van der Waals surface area contributed by atoms with Gasteiger partial charge in [0.1, 0.15) is 18.3 Å². The fraction of sp³-hybridized carbons (Fsp3) is 0.350. The predicted molar refractivity (Wildman–Crippen MR) is 91.3 cm³/mol. The van der Waals surface area contributed by atoms with Gasteiger partial charge in [-0.2, -0.15) is 0 Å². The van der Waals surface area contributed by atoms with Gasteiger partial charge in [0.25, 0.3) is 0 Å². The van der Waals surface area contributed by atoms with Gasteiger partial charge in [0, 0.05) is 0 Å². The average molecular weight is 356 g/mol. The van der Waals surface area contributed by atoms with Crippen molar-refractivity contribution < 1.29 is 28.8 Å². The smallest absolute Gasteiger partial charge is 0.338 e. The second-order valence-electron chi connectivity index (χ2n) is 6.36. The number of fused-ring (bicyclic) bond motifs is 2. The number of rotatable bonds is 5. The fourth-order valence-corrected chi connectivity index (χ4v) is 3.20. The Bertz CT molecular complexity index is 734. The number of carbonyl (C=O) groups excluding carboxylic acids is 1. The van der Waals surface area contributed by atoms with Gasteiger partial charge in [-0.25, -0.2) is 4.79 Å². The molecule has 4 rings (SSSR count). The molecule has 2 aromatic carbocycles. The number of esters is 1. The summed E-state index contributed by atoms with van der Waals surface area (Å²) < 4.78 is 22.7. The van der Waals surface area contributed by atoms with Crippen molar-refractivity contribution in [3.05, 3.63) is 71.8 Å². The van der Waals surface area contributed by atoms with Crippen LogP contribution >= 0.6 is 0 Å².